The maximum absolute atomic E-state index is 13.5. The molecular formula is C12H14F3NOS. The van der Waals surface area contributed by atoms with Crippen LogP contribution in [0.5, 0.6) is 0 Å². The Morgan fingerprint density at radius 3 is 2.17 bits per heavy atom. The molecule has 18 heavy (non-hydrogen) atoms. The van der Waals surface area contributed by atoms with Gasteiger partial charge >= 0.3 is 0 Å². The minimum Gasteiger partial charge on any atom is -0.591 e. The average Bonchev–Trinajstić information content (AvgIpc) is 2.22. The van der Waals surface area contributed by atoms with Crippen molar-refractivity contribution in [2.75, 3.05) is 0 Å². The lowest BCUT2D eigenvalue weighted by molar-refractivity contribution is 0.492. The molecule has 0 bridgehead atoms. The number of halogens is 3. The van der Waals surface area contributed by atoms with Gasteiger partial charge in [0.1, 0.15) is 27.6 Å². The molecule has 0 radical (unpaired) electrons. The zero-order chi connectivity index (χ0) is 14.1. The first-order valence-corrected chi connectivity index (χ1v) is 6.36. The standard InChI is InChI=1S/C12H14F3NOS/c1-7(16-18(17)12(2,3)4)10-8(13)5-6-9(14)11(10)15/h5-6H,1-4H3/b16-7+/t18-/m0/s1. The van der Waals surface area contributed by atoms with Gasteiger partial charge in [0.05, 0.1) is 5.56 Å². The summed E-state index contributed by atoms with van der Waals surface area (Å²) in [5, 5.41) is 0. The molecule has 0 aliphatic rings. The fraction of sp³-hybridized carbons (Fsp3) is 0.417. The van der Waals surface area contributed by atoms with Crippen LogP contribution >= 0.6 is 0 Å². The van der Waals surface area contributed by atoms with Gasteiger partial charge in [0.25, 0.3) is 0 Å². The van der Waals surface area contributed by atoms with Crippen molar-refractivity contribution in [1.29, 1.82) is 0 Å². The highest BCUT2D eigenvalue weighted by Crippen LogP contribution is 2.21. The lowest BCUT2D eigenvalue weighted by Gasteiger charge is -2.19. The fourth-order valence-electron chi connectivity index (χ4n) is 1.17. The Balaban J connectivity index is 3.23. The van der Waals surface area contributed by atoms with E-state index in [4.69, 9.17) is 0 Å². The third kappa shape index (κ3) is 3.26. The summed E-state index contributed by atoms with van der Waals surface area (Å²) in [4.78, 5) is 0. The van der Waals surface area contributed by atoms with Crippen molar-refractivity contribution < 1.29 is 17.7 Å². The Morgan fingerprint density at radius 2 is 1.67 bits per heavy atom. The van der Waals surface area contributed by atoms with E-state index in [2.05, 4.69) is 4.40 Å². The van der Waals surface area contributed by atoms with Crippen LogP contribution in [-0.4, -0.2) is 15.0 Å². The highest BCUT2D eigenvalue weighted by Gasteiger charge is 2.28. The molecule has 2 nitrogen and oxygen atoms in total. The van der Waals surface area contributed by atoms with Gasteiger partial charge in [-0.15, -0.1) is 0 Å². The third-order valence-corrected chi connectivity index (χ3v) is 3.64. The molecule has 0 aliphatic carbocycles. The molecule has 6 heteroatoms. The molecule has 0 heterocycles. The first-order valence-electron chi connectivity index (χ1n) is 5.25. The van der Waals surface area contributed by atoms with E-state index in [-0.39, 0.29) is 5.71 Å². The Morgan fingerprint density at radius 1 is 1.17 bits per heavy atom. The second-order valence-electron chi connectivity index (χ2n) is 4.76. The predicted molar refractivity (Wildman–Crippen MR) is 66.4 cm³/mol. The van der Waals surface area contributed by atoms with E-state index in [1.807, 2.05) is 0 Å². The van der Waals surface area contributed by atoms with Crippen LogP contribution in [0.2, 0.25) is 0 Å². The van der Waals surface area contributed by atoms with Gasteiger partial charge in [-0.3, -0.25) is 0 Å². The number of hydrogen-bond donors (Lipinski definition) is 0. The second kappa shape index (κ2) is 5.32. The Hall–Kier alpha value is -1.01. The summed E-state index contributed by atoms with van der Waals surface area (Å²) in [6.45, 7) is 6.33. The van der Waals surface area contributed by atoms with E-state index in [0.717, 1.165) is 6.07 Å². The summed E-state index contributed by atoms with van der Waals surface area (Å²) < 4.78 is 54.7. The third-order valence-electron chi connectivity index (χ3n) is 2.15. The van der Waals surface area contributed by atoms with Gasteiger partial charge in [-0.2, -0.15) is 0 Å². The van der Waals surface area contributed by atoms with E-state index in [9.17, 15) is 17.7 Å². The lowest BCUT2D eigenvalue weighted by Crippen LogP contribution is -2.27. The van der Waals surface area contributed by atoms with Crippen LogP contribution < -0.4 is 0 Å². The number of benzene rings is 1. The first kappa shape index (κ1) is 15.0. The van der Waals surface area contributed by atoms with Crippen LogP contribution in [0.25, 0.3) is 0 Å². The molecule has 0 N–H and O–H groups in total. The molecule has 1 aromatic carbocycles. The van der Waals surface area contributed by atoms with Gasteiger partial charge in [-0.25, -0.2) is 13.2 Å². The Kier molecular flexibility index (Phi) is 4.45. The molecule has 100 valence electrons. The molecule has 0 unspecified atom stereocenters. The van der Waals surface area contributed by atoms with Gasteiger partial charge in [0.15, 0.2) is 11.6 Å². The number of rotatable bonds is 2. The molecule has 0 amide bonds. The van der Waals surface area contributed by atoms with Crippen molar-refractivity contribution in [3.63, 3.8) is 0 Å². The minimum atomic E-state index is -1.66. The van der Waals surface area contributed by atoms with Crippen LogP contribution in [-0.2, 0) is 11.4 Å². The quantitative estimate of drug-likeness (QED) is 0.464. The Labute approximate surface area is 107 Å². The van der Waals surface area contributed by atoms with Gasteiger partial charge < -0.3 is 4.55 Å². The summed E-state index contributed by atoms with van der Waals surface area (Å²) in [5.41, 5.74) is -0.703. The van der Waals surface area contributed by atoms with E-state index < -0.39 is 39.1 Å². The van der Waals surface area contributed by atoms with Gasteiger partial charge in [-0.05, 0) is 39.8 Å². The maximum Gasteiger partial charge on any atom is 0.170 e. The van der Waals surface area contributed by atoms with Crippen molar-refractivity contribution in [1.82, 2.24) is 0 Å². The summed E-state index contributed by atoms with van der Waals surface area (Å²) in [6.07, 6.45) is 0. The summed E-state index contributed by atoms with van der Waals surface area (Å²) in [5.74, 6) is -3.41. The van der Waals surface area contributed by atoms with Gasteiger partial charge in [0.2, 0.25) is 0 Å². The predicted octanol–water partition coefficient (Wildman–Crippen LogP) is 3.38. The molecule has 0 saturated carbocycles. The number of hydrogen-bond acceptors (Lipinski definition) is 2. The van der Waals surface area contributed by atoms with Crippen molar-refractivity contribution in [2.24, 2.45) is 4.40 Å². The first-order chi connectivity index (χ1) is 8.14. The van der Waals surface area contributed by atoms with E-state index in [1.54, 1.807) is 20.8 Å². The molecule has 0 aliphatic heterocycles. The summed E-state index contributed by atoms with van der Waals surface area (Å²) in [6, 6.07) is 1.51. The topological polar surface area (TPSA) is 35.4 Å². The molecular weight excluding hydrogens is 263 g/mol. The normalized spacial score (nSPS) is 14.8. The van der Waals surface area contributed by atoms with Gasteiger partial charge in [0, 0.05) is 0 Å². The zero-order valence-electron chi connectivity index (χ0n) is 10.6. The van der Waals surface area contributed by atoms with E-state index >= 15 is 0 Å². The molecule has 0 spiro atoms. The molecule has 0 fully saturated rings. The monoisotopic (exact) mass is 277 g/mol. The lowest BCUT2D eigenvalue weighted by atomic mass is 10.1. The largest absolute Gasteiger partial charge is 0.591 e. The number of nitrogens with zero attached hydrogens (tertiary/aromatic N) is 1. The molecule has 1 atom stereocenters. The van der Waals surface area contributed by atoms with Crippen LogP contribution in [0.4, 0.5) is 13.2 Å². The molecule has 1 aromatic rings. The van der Waals surface area contributed by atoms with Crippen molar-refractivity contribution in [3.8, 4) is 0 Å². The Bertz CT molecular complexity index is 483. The summed E-state index contributed by atoms with van der Waals surface area (Å²) >= 11 is -1.66. The van der Waals surface area contributed by atoms with Crippen LogP contribution in [0.3, 0.4) is 0 Å². The smallest absolute Gasteiger partial charge is 0.170 e. The average molecular weight is 277 g/mol. The molecule has 1 rings (SSSR count). The maximum atomic E-state index is 13.5. The SMILES string of the molecule is C/C(=N\[S@@+]([O-])C(C)(C)C)c1c(F)ccc(F)c1F. The minimum absolute atomic E-state index is 0.127. The van der Waals surface area contributed by atoms with Gasteiger partial charge in [-0.1, -0.05) is 4.40 Å². The van der Waals surface area contributed by atoms with Crippen LogP contribution in [0.1, 0.15) is 33.3 Å². The van der Waals surface area contributed by atoms with E-state index in [0.29, 0.717) is 6.07 Å². The van der Waals surface area contributed by atoms with Crippen LogP contribution in [0, 0.1) is 17.5 Å². The van der Waals surface area contributed by atoms with Crippen molar-refractivity contribution >= 4 is 17.1 Å². The van der Waals surface area contributed by atoms with Crippen molar-refractivity contribution in [3.05, 3.63) is 35.1 Å². The highest BCUT2D eigenvalue weighted by atomic mass is 32.2. The second-order valence-corrected chi connectivity index (χ2v) is 6.66. The van der Waals surface area contributed by atoms with Crippen molar-refractivity contribution in [2.45, 2.75) is 32.4 Å². The zero-order valence-corrected chi connectivity index (χ0v) is 11.4. The molecule has 0 aromatic heterocycles. The highest BCUT2D eigenvalue weighted by molar-refractivity contribution is 7.91. The van der Waals surface area contributed by atoms with E-state index in [1.165, 1.54) is 6.92 Å². The fourth-order valence-corrected chi connectivity index (χ4v) is 1.78. The summed E-state index contributed by atoms with van der Waals surface area (Å²) in [7, 11) is 0. The van der Waals surface area contributed by atoms with Crippen LogP contribution in [0.15, 0.2) is 16.5 Å². The molecule has 0 saturated heterocycles.